The number of aryl methyl sites for hydroxylation is 1. The fraction of sp³-hybridized carbons (Fsp3) is 0.292. The van der Waals surface area contributed by atoms with Crippen molar-refractivity contribution < 1.29 is 28.5 Å². The predicted molar refractivity (Wildman–Crippen MR) is 122 cm³/mol. The van der Waals surface area contributed by atoms with E-state index in [4.69, 9.17) is 4.74 Å². The topological polar surface area (TPSA) is 97.0 Å². The number of aliphatic hydroxyl groups is 2. The van der Waals surface area contributed by atoms with Crippen molar-refractivity contribution in [1.29, 1.82) is 0 Å². The van der Waals surface area contributed by atoms with Crippen molar-refractivity contribution in [2.75, 3.05) is 6.61 Å². The fourth-order valence-corrected chi connectivity index (χ4v) is 4.68. The Labute approximate surface area is 198 Å². The second-order valence-electron chi connectivity index (χ2n) is 8.22. The molecular weight excluding hydrogens is 464 g/mol. The molecule has 0 unspecified atom stereocenters. The van der Waals surface area contributed by atoms with Crippen LogP contribution in [0.5, 0.6) is 5.75 Å². The van der Waals surface area contributed by atoms with Gasteiger partial charge in [-0.3, -0.25) is 9.20 Å². The molecule has 1 aromatic carbocycles. The lowest BCUT2D eigenvalue weighted by Gasteiger charge is -2.24. The number of thiazole rings is 1. The standard InChI is InChI=1S/C24H23F2N3O4S/c1-14-21(19(32)9-24(2,13-31)23-28-15(10-30)12-34-23)29-8-4-7-20(22(29)27-14)33-11-16-17(25)5-3-6-18(16)26/h3-8,12,30-31H,9-11,13H2,1-2H3/t24-/m1/s1. The van der Waals surface area contributed by atoms with Crippen molar-refractivity contribution >= 4 is 22.8 Å². The first-order chi connectivity index (χ1) is 16.3. The van der Waals surface area contributed by atoms with Crippen molar-refractivity contribution in [1.82, 2.24) is 14.4 Å². The van der Waals surface area contributed by atoms with Gasteiger partial charge in [0.25, 0.3) is 0 Å². The number of imidazole rings is 1. The van der Waals surface area contributed by atoms with E-state index in [-0.39, 0.29) is 43.3 Å². The summed E-state index contributed by atoms with van der Waals surface area (Å²) < 4.78 is 35.2. The number of fused-ring (bicyclic) bond motifs is 1. The Balaban J connectivity index is 1.63. The van der Waals surface area contributed by atoms with E-state index in [2.05, 4.69) is 9.97 Å². The van der Waals surface area contributed by atoms with Crippen LogP contribution in [-0.4, -0.2) is 37.0 Å². The smallest absolute Gasteiger partial charge is 0.182 e. The van der Waals surface area contributed by atoms with E-state index in [0.717, 1.165) is 12.1 Å². The average molecular weight is 488 g/mol. The minimum Gasteiger partial charge on any atom is -0.485 e. The van der Waals surface area contributed by atoms with Gasteiger partial charge in [0.1, 0.15) is 28.9 Å². The summed E-state index contributed by atoms with van der Waals surface area (Å²) in [5.74, 6) is -1.42. The summed E-state index contributed by atoms with van der Waals surface area (Å²) in [6, 6.07) is 6.85. The normalized spacial score (nSPS) is 13.2. The van der Waals surface area contributed by atoms with E-state index in [0.29, 0.717) is 27.7 Å². The molecule has 7 nitrogen and oxygen atoms in total. The van der Waals surface area contributed by atoms with Crippen LogP contribution in [-0.2, 0) is 18.6 Å². The number of ketones is 1. The highest BCUT2D eigenvalue weighted by molar-refractivity contribution is 7.09. The van der Waals surface area contributed by atoms with E-state index >= 15 is 0 Å². The SMILES string of the molecule is Cc1nc2c(OCc3c(F)cccc3F)cccn2c1C(=O)C[C@](C)(CO)c1nc(CO)cs1. The molecule has 0 aliphatic carbocycles. The van der Waals surface area contributed by atoms with Gasteiger partial charge in [0.15, 0.2) is 17.2 Å². The molecule has 0 bridgehead atoms. The van der Waals surface area contributed by atoms with Crippen LogP contribution in [0.3, 0.4) is 0 Å². The number of nitrogens with zero attached hydrogens (tertiary/aromatic N) is 3. The predicted octanol–water partition coefficient (Wildman–Crippen LogP) is 3.97. The summed E-state index contributed by atoms with van der Waals surface area (Å²) in [7, 11) is 0. The van der Waals surface area contributed by atoms with Gasteiger partial charge in [-0.25, -0.2) is 18.7 Å². The molecule has 0 saturated heterocycles. The number of carbonyl (C=O) groups is 1. The van der Waals surface area contributed by atoms with Crippen LogP contribution in [0, 0.1) is 18.6 Å². The summed E-state index contributed by atoms with van der Waals surface area (Å²) >= 11 is 1.27. The highest BCUT2D eigenvalue weighted by Crippen LogP contribution is 2.33. The van der Waals surface area contributed by atoms with Crippen molar-refractivity contribution in [2.45, 2.75) is 38.9 Å². The molecule has 0 amide bonds. The highest BCUT2D eigenvalue weighted by Gasteiger charge is 2.34. The van der Waals surface area contributed by atoms with E-state index in [1.54, 1.807) is 42.0 Å². The second kappa shape index (κ2) is 9.57. The zero-order chi connectivity index (χ0) is 24.5. The lowest BCUT2D eigenvalue weighted by Crippen LogP contribution is -2.30. The summed E-state index contributed by atoms with van der Waals surface area (Å²) in [6.45, 7) is 2.55. The molecule has 4 aromatic rings. The molecular formula is C24H23F2N3O4S. The first kappa shape index (κ1) is 23.9. The molecule has 34 heavy (non-hydrogen) atoms. The minimum atomic E-state index is -0.942. The molecule has 0 aliphatic heterocycles. The maximum absolute atomic E-state index is 14.0. The van der Waals surface area contributed by atoms with E-state index in [1.165, 1.54) is 17.4 Å². The van der Waals surface area contributed by atoms with Crippen molar-refractivity contribution in [3.05, 3.63) is 81.2 Å². The van der Waals surface area contributed by atoms with Gasteiger partial charge in [-0.05, 0) is 31.2 Å². The van der Waals surface area contributed by atoms with Crippen LogP contribution < -0.4 is 4.74 Å². The summed E-state index contributed by atoms with van der Waals surface area (Å²) in [5.41, 5.74) is 0.439. The number of halogens is 2. The third-order valence-electron chi connectivity index (χ3n) is 5.62. The zero-order valence-corrected chi connectivity index (χ0v) is 19.4. The number of hydrogen-bond acceptors (Lipinski definition) is 7. The summed E-state index contributed by atoms with van der Waals surface area (Å²) in [4.78, 5) is 22.1. The van der Waals surface area contributed by atoms with Gasteiger partial charge in [-0.1, -0.05) is 13.0 Å². The molecule has 0 spiro atoms. The molecule has 0 aliphatic rings. The average Bonchev–Trinajstić information content (AvgIpc) is 3.43. The highest BCUT2D eigenvalue weighted by atomic mass is 32.1. The number of benzene rings is 1. The van der Waals surface area contributed by atoms with Gasteiger partial charge < -0.3 is 14.9 Å². The molecule has 1 atom stereocenters. The van der Waals surface area contributed by atoms with E-state index in [9.17, 15) is 23.8 Å². The summed E-state index contributed by atoms with van der Waals surface area (Å²) in [6.07, 6.45) is 1.62. The third-order valence-corrected chi connectivity index (χ3v) is 6.81. The number of hydrogen-bond donors (Lipinski definition) is 2. The molecule has 0 fully saturated rings. The van der Waals surface area contributed by atoms with Gasteiger partial charge in [0, 0.05) is 23.4 Å². The molecule has 178 valence electrons. The Morgan fingerprint density at radius 1 is 1.18 bits per heavy atom. The quantitative estimate of drug-likeness (QED) is 0.347. The Hall–Kier alpha value is -3.21. The van der Waals surface area contributed by atoms with Crippen LogP contribution in [0.15, 0.2) is 41.9 Å². The Morgan fingerprint density at radius 2 is 1.91 bits per heavy atom. The number of aromatic nitrogens is 3. The maximum atomic E-state index is 14.0. The maximum Gasteiger partial charge on any atom is 0.182 e. The molecule has 10 heteroatoms. The number of rotatable bonds is 9. The number of Topliss-reactive ketones (excluding diaryl/α,β-unsaturated/α-hetero) is 1. The third kappa shape index (κ3) is 4.44. The molecule has 4 rings (SSSR count). The van der Waals surface area contributed by atoms with Crippen LogP contribution in [0.25, 0.3) is 5.65 Å². The Morgan fingerprint density at radius 3 is 2.56 bits per heavy atom. The number of aliphatic hydroxyl groups excluding tert-OH is 2. The lowest BCUT2D eigenvalue weighted by atomic mass is 9.85. The van der Waals surface area contributed by atoms with Crippen LogP contribution in [0.2, 0.25) is 0 Å². The first-order valence-electron chi connectivity index (χ1n) is 10.5. The number of carbonyl (C=O) groups excluding carboxylic acids is 1. The lowest BCUT2D eigenvalue weighted by molar-refractivity contribution is 0.0912. The van der Waals surface area contributed by atoms with Gasteiger partial charge >= 0.3 is 0 Å². The molecule has 0 saturated carbocycles. The van der Waals surface area contributed by atoms with Gasteiger partial charge in [-0.2, -0.15) is 0 Å². The second-order valence-corrected chi connectivity index (χ2v) is 9.08. The molecule has 3 heterocycles. The fourth-order valence-electron chi connectivity index (χ4n) is 3.72. The van der Waals surface area contributed by atoms with Crippen molar-refractivity contribution in [3.8, 4) is 5.75 Å². The van der Waals surface area contributed by atoms with Gasteiger partial charge in [0.2, 0.25) is 0 Å². The van der Waals surface area contributed by atoms with Gasteiger partial charge in [0.05, 0.1) is 30.2 Å². The van der Waals surface area contributed by atoms with Crippen LogP contribution in [0.4, 0.5) is 8.78 Å². The number of pyridine rings is 1. The van der Waals surface area contributed by atoms with Crippen LogP contribution in [0.1, 0.15) is 45.8 Å². The molecule has 3 aromatic heterocycles. The monoisotopic (exact) mass is 487 g/mol. The first-order valence-corrected chi connectivity index (χ1v) is 11.4. The largest absolute Gasteiger partial charge is 0.485 e. The minimum absolute atomic E-state index is 0.0396. The molecule has 2 N–H and O–H groups in total. The number of ether oxygens (including phenoxy) is 1. The van der Waals surface area contributed by atoms with Crippen LogP contribution >= 0.6 is 11.3 Å². The molecule has 0 radical (unpaired) electrons. The van der Waals surface area contributed by atoms with E-state index in [1.807, 2.05) is 0 Å². The van der Waals surface area contributed by atoms with Crippen molar-refractivity contribution in [2.24, 2.45) is 0 Å². The van der Waals surface area contributed by atoms with E-state index < -0.39 is 17.0 Å². The van der Waals surface area contributed by atoms with Crippen molar-refractivity contribution in [3.63, 3.8) is 0 Å². The Bertz CT molecular complexity index is 1330. The Kier molecular flexibility index (Phi) is 6.74. The zero-order valence-electron chi connectivity index (χ0n) is 18.6. The summed E-state index contributed by atoms with van der Waals surface area (Å²) in [5, 5.41) is 21.6. The van der Waals surface area contributed by atoms with Gasteiger partial charge in [-0.15, -0.1) is 11.3 Å².